The number of carboxylic acid groups (broad SMARTS) is 1. The number of aromatic nitrogens is 2. The summed E-state index contributed by atoms with van der Waals surface area (Å²) in [5.74, 6) is -2.53. The molecule has 1 aromatic heterocycles. The molecule has 0 unspecified atom stereocenters. The Morgan fingerprint density at radius 3 is 2.58 bits per heavy atom. The molecule has 0 aliphatic rings. The van der Waals surface area contributed by atoms with E-state index in [1.165, 1.54) is 16.8 Å². The summed E-state index contributed by atoms with van der Waals surface area (Å²) in [4.78, 5) is 10.1. The zero-order valence-electron chi connectivity index (χ0n) is 12.9. The number of hydrogen-bond donors (Lipinski definition) is 2. The maximum Gasteiger partial charge on any atom is 0.335 e. The average Bonchev–Trinajstić information content (AvgIpc) is 3.08. The van der Waals surface area contributed by atoms with Crippen LogP contribution in [-0.4, -0.2) is 29.3 Å². The minimum atomic E-state index is -4.27. The Bertz CT molecular complexity index is 1080. The smallest absolute Gasteiger partial charge is 0.335 e. The molecule has 3 rings (SSSR count). The molecule has 1 heterocycles. The minimum absolute atomic E-state index is 0.118. The topological polar surface area (TPSA) is 101 Å². The molecule has 0 aliphatic heterocycles. The van der Waals surface area contributed by atoms with Gasteiger partial charge in [0.1, 0.15) is 10.7 Å². The fraction of sp³-hybridized carbons (Fsp3) is 0. The number of nitrogens with one attached hydrogen (secondary N) is 1. The number of anilines is 1. The van der Waals surface area contributed by atoms with Crippen molar-refractivity contribution in [2.75, 3.05) is 4.72 Å². The number of benzene rings is 2. The van der Waals surface area contributed by atoms with E-state index >= 15 is 0 Å². The quantitative estimate of drug-likeness (QED) is 0.691. The second kappa shape index (κ2) is 6.77. The van der Waals surface area contributed by atoms with Crippen molar-refractivity contribution in [2.45, 2.75) is 4.90 Å². The Morgan fingerprint density at radius 1 is 1.23 bits per heavy atom. The summed E-state index contributed by atoms with van der Waals surface area (Å²) in [5.41, 5.74) is 0.303. The van der Waals surface area contributed by atoms with Crippen LogP contribution in [0, 0.1) is 5.82 Å². The van der Waals surface area contributed by atoms with Gasteiger partial charge in [0.05, 0.1) is 22.0 Å². The van der Waals surface area contributed by atoms with Gasteiger partial charge in [-0.15, -0.1) is 0 Å². The van der Waals surface area contributed by atoms with Crippen molar-refractivity contribution in [2.24, 2.45) is 0 Å². The van der Waals surface area contributed by atoms with Crippen molar-refractivity contribution in [1.82, 2.24) is 9.78 Å². The number of halogens is 2. The summed E-state index contributed by atoms with van der Waals surface area (Å²) in [6.07, 6.45) is 3.24. The molecule has 0 fully saturated rings. The van der Waals surface area contributed by atoms with Crippen molar-refractivity contribution in [3.8, 4) is 5.69 Å². The molecule has 0 saturated heterocycles. The van der Waals surface area contributed by atoms with Crippen molar-refractivity contribution < 1.29 is 22.7 Å². The van der Waals surface area contributed by atoms with Crippen LogP contribution in [0.4, 0.5) is 10.1 Å². The Hall–Kier alpha value is -2.91. The molecule has 26 heavy (non-hydrogen) atoms. The number of aromatic carboxylic acids is 1. The third-order valence-electron chi connectivity index (χ3n) is 3.42. The summed E-state index contributed by atoms with van der Waals surface area (Å²) in [6.45, 7) is 0. The lowest BCUT2D eigenvalue weighted by Gasteiger charge is -2.11. The van der Waals surface area contributed by atoms with Gasteiger partial charge in [-0.3, -0.25) is 4.72 Å². The van der Waals surface area contributed by atoms with Crippen LogP contribution in [0.1, 0.15) is 10.4 Å². The summed E-state index contributed by atoms with van der Waals surface area (Å²) in [6, 6.07) is 8.61. The van der Waals surface area contributed by atoms with Gasteiger partial charge >= 0.3 is 5.97 Å². The Balaban J connectivity index is 1.90. The maximum atomic E-state index is 14.0. The molecule has 0 spiro atoms. The van der Waals surface area contributed by atoms with Gasteiger partial charge in [-0.2, -0.15) is 5.10 Å². The van der Waals surface area contributed by atoms with Gasteiger partial charge < -0.3 is 5.11 Å². The van der Waals surface area contributed by atoms with Gasteiger partial charge in [0.25, 0.3) is 10.0 Å². The van der Waals surface area contributed by atoms with E-state index in [4.69, 9.17) is 16.7 Å². The van der Waals surface area contributed by atoms with E-state index in [0.29, 0.717) is 11.8 Å². The number of hydrogen-bond acceptors (Lipinski definition) is 4. The molecule has 0 bridgehead atoms. The summed E-state index contributed by atoms with van der Waals surface area (Å²) >= 11 is 6.15. The first-order valence-corrected chi connectivity index (χ1v) is 8.99. The third kappa shape index (κ3) is 3.53. The Morgan fingerprint density at radius 2 is 2.00 bits per heavy atom. The zero-order valence-corrected chi connectivity index (χ0v) is 14.5. The first-order valence-electron chi connectivity index (χ1n) is 7.13. The van der Waals surface area contributed by atoms with Crippen molar-refractivity contribution in [3.63, 3.8) is 0 Å². The van der Waals surface area contributed by atoms with Gasteiger partial charge in [-0.1, -0.05) is 11.6 Å². The van der Waals surface area contributed by atoms with E-state index in [-0.39, 0.29) is 16.3 Å². The molecule has 0 saturated carbocycles. The molecule has 2 aromatic carbocycles. The van der Waals surface area contributed by atoms with Crippen molar-refractivity contribution >= 4 is 33.3 Å². The lowest BCUT2D eigenvalue weighted by Crippen LogP contribution is -2.15. The fourth-order valence-electron chi connectivity index (χ4n) is 2.23. The van der Waals surface area contributed by atoms with Crippen LogP contribution < -0.4 is 4.72 Å². The molecule has 10 heteroatoms. The monoisotopic (exact) mass is 395 g/mol. The van der Waals surface area contributed by atoms with Crippen LogP contribution in [0.5, 0.6) is 0 Å². The molecule has 3 aromatic rings. The first-order chi connectivity index (χ1) is 12.3. The summed E-state index contributed by atoms with van der Waals surface area (Å²) < 4.78 is 42.5. The molecule has 2 N–H and O–H groups in total. The highest BCUT2D eigenvalue weighted by Gasteiger charge is 2.21. The van der Waals surface area contributed by atoms with E-state index in [1.807, 2.05) is 0 Å². The van der Waals surface area contributed by atoms with Crippen LogP contribution in [0.3, 0.4) is 0 Å². The first kappa shape index (κ1) is 17.9. The predicted octanol–water partition coefficient (Wildman–Crippen LogP) is 3.16. The molecule has 0 amide bonds. The molecule has 7 nitrogen and oxygen atoms in total. The summed E-state index contributed by atoms with van der Waals surface area (Å²) in [5, 5.41) is 13.1. The zero-order chi connectivity index (χ0) is 18.9. The van der Waals surface area contributed by atoms with Gasteiger partial charge in [0.2, 0.25) is 0 Å². The van der Waals surface area contributed by atoms with Crippen LogP contribution >= 0.6 is 11.6 Å². The van der Waals surface area contributed by atoms with Crippen molar-refractivity contribution in [3.05, 3.63) is 71.3 Å². The normalized spacial score (nSPS) is 11.3. The lowest BCUT2D eigenvalue weighted by molar-refractivity contribution is 0.0696. The van der Waals surface area contributed by atoms with Crippen LogP contribution in [0.15, 0.2) is 59.8 Å². The number of sulfonamides is 1. The SMILES string of the molecule is O=C(O)c1ccc(S(=O)(=O)Nc2ccc(-n3cccn3)c(Cl)c2)c(F)c1. The third-order valence-corrected chi connectivity index (χ3v) is 5.14. The van der Waals surface area contributed by atoms with E-state index in [2.05, 4.69) is 9.82 Å². The molecular formula is C16H11ClFN3O4S. The van der Waals surface area contributed by atoms with E-state index in [9.17, 15) is 17.6 Å². The second-order valence-electron chi connectivity index (χ2n) is 5.17. The standard InChI is InChI=1S/C16H11ClFN3O4S/c17-12-9-11(3-4-14(12)21-7-1-6-19-21)20-26(24,25)15-5-2-10(16(22)23)8-13(15)18/h1-9,20H,(H,22,23). The lowest BCUT2D eigenvalue weighted by atomic mass is 10.2. The average molecular weight is 396 g/mol. The predicted molar refractivity (Wildman–Crippen MR) is 92.7 cm³/mol. The highest BCUT2D eigenvalue weighted by atomic mass is 35.5. The molecular weight excluding hydrogens is 385 g/mol. The van der Waals surface area contributed by atoms with E-state index < -0.39 is 26.7 Å². The molecule has 0 aliphatic carbocycles. The van der Waals surface area contributed by atoms with Gasteiger partial charge in [0, 0.05) is 12.4 Å². The van der Waals surface area contributed by atoms with Gasteiger partial charge in [-0.25, -0.2) is 22.3 Å². The Kier molecular flexibility index (Phi) is 4.66. The van der Waals surface area contributed by atoms with Gasteiger partial charge in [0.15, 0.2) is 0 Å². The minimum Gasteiger partial charge on any atom is -0.478 e. The highest BCUT2D eigenvalue weighted by molar-refractivity contribution is 7.92. The second-order valence-corrected chi connectivity index (χ2v) is 7.23. The van der Waals surface area contributed by atoms with E-state index in [1.54, 1.807) is 24.5 Å². The molecule has 0 atom stereocenters. The number of carbonyl (C=O) groups is 1. The maximum absolute atomic E-state index is 14.0. The summed E-state index contributed by atoms with van der Waals surface area (Å²) in [7, 11) is -4.27. The molecule has 0 radical (unpaired) electrons. The molecule has 134 valence electrons. The van der Waals surface area contributed by atoms with E-state index in [0.717, 1.165) is 12.1 Å². The van der Waals surface area contributed by atoms with Gasteiger partial charge in [-0.05, 0) is 42.5 Å². The van der Waals surface area contributed by atoms with Crippen LogP contribution in [0.2, 0.25) is 5.02 Å². The van der Waals surface area contributed by atoms with Crippen LogP contribution in [-0.2, 0) is 10.0 Å². The fourth-order valence-corrected chi connectivity index (χ4v) is 3.61. The number of carboxylic acids is 1. The van der Waals surface area contributed by atoms with Crippen LogP contribution in [0.25, 0.3) is 5.69 Å². The number of rotatable bonds is 5. The Labute approximate surface area is 152 Å². The number of nitrogens with zero attached hydrogens (tertiary/aromatic N) is 2. The largest absolute Gasteiger partial charge is 0.478 e. The highest BCUT2D eigenvalue weighted by Crippen LogP contribution is 2.26. The van der Waals surface area contributed by atoms with Crippen molar-refractivity contribution in [1.29, 1.82) is 0 Å².